The van der Waals surface area contributed by atoms with Gasteiger partial charge in [-0.25, -0.2) is 4.98 Å². The maximum absolute atomic E-state index is 12.9. The zero-order chi connectivity index (χ0) is 21.1. The van der Waals surface area contributed by atoms with Crippen LogP contribution in [0.4, 0.5) is 0 Å². The van der Waals surface area contributed by atoms with E-state index in [4.69, 9.17) is 4.74 Å². The predicted molar refractivity (Wildman–Crippen MR) is 117 cm³/mol. The van der Waals surface area contributed by atoms with Crippen molar-refractivity contribution in [3.63, 3.8) is 0 Å². The van der Waals surface area contributed by atoms with Gasteiger partial charge in [0.2, 0.25) is 5.91 Å². The molecule has 1 saturated heterocycles. The van der Waals surface area contributed by atoms with E-state index in [1.807, 2.05) is 54.3 Å². The number of benzene rings is 2. The van der Waals surface area contributed by atoms with Crippen molar-refractivity contribution in [2.75, 3.05) is 13.7 Å². The minimum Gasteiger partial charge on any atom is -0.497 e. The fraction of sp³-hybridized carbons (Fsp3) is 0.375. The van der Waals surface area contributed by atoms with Gasteiger partial charge < -0.3 is 9.64 Å². The molecule has 0 unspecified atom stereocenters. The van der Waals surface area contributed by atoms with Gasteiger partial charge in [0.1, 0.15) is 5.75 Å². The van der Waals surface area contributed by atoms with Gasteiger partial charge in [0, 0.05) is 19.5 Å². The fourth-order valence-electron chi connectivity index (χ4n) is 4.28. The molecule has 0 bridgehead atoms. The predicted octanol–water partition coefficient (Wildman–Crippen LogP) is 3.86. The third-order valence-corrected chi connectivity index (χ3v) is 5.92. The Morgan fingerprint density at radius 2 is 2.00 bits per heavy atom. The number of aryl methyl sites for hydroxylation is 2. The standard InChI is InChI=1S/C24H27N3O3/c1-17-6-3-7-20-23(17)25-16-26(24(20)29)14-5-9-22(28)27-15-4-8-21(27)18-10-12-19(30-2)13-11-18/h3,6-7,10-13,16,21H,4-5,8-9,14-15H2,1-2H3/t21-/m0/s1. The molecule has 1 aliphatic heterocycles. The van der Waals surface area contributed by atoms with Crippen LogP contribution in [0.3, 0.4) is 0 Å². The number of para-hydroxylation sites is 1. The number of carbonyl (C=O) groups is 1. The van der Waals surface area contributed by atoms with Crippen molar-refractivity contribution in [1.82, 2.24) is 14.5 Å². The van der Waals surface area contributed by atoms with Crippen LogP contribution < -0.4 is 10.3 Å². The van der Waals surface area contributed by atoms with Gasteiger partial charge in [-0.15, -0.1) is 0 Å². The molecule has 2 heterocycles. The van der Waals surface area contributed by atoms with Gasteiger partial charge in [0.05, 0.1) is 30.4 Å². The van der Waals surface area contributed by atoms with Gasteiger partial charge >= 0.3 is 0 Å². The number of likely N-dealkylation sites (tertiary alicyclic amines) is 1. The maximum atomic E-state index is 12.9. The van der Waals surface area contributed by atoms with Crippen LogP contribution in [0.2, 0.25) is 0 Å². The number of fused-ring (bicyclic) bond motifs is 1. The Bertz CT molecular complexity index is 1100. The number of ether oxygens (including phenoxy) is 1. The number of carbonyl (C=O) groups excluding carboxylic acids is 1. The van der Waals surface area contributed by atoms with E-state index in [-0.39, 0.29) is 17.5 Å². The molecule has 3 aromatic rings. The lowest BCUT2D eigenvalue weighted by atomic mass is 10.0. The highest BCUT2D eigenvalue weighted by molar-refractivity contribution is 5.80. The first-order valence-electron chi connectivity index (χ1n) is 10.5. The molecule has 0 spiro atoms. The molecule has 6 nitrogen and oxygen atoms in total. The second kappa shape index (κ2) is 8.69. The number of hydrogen-bond acceptors (Lipinski definition) is 4. The van der Waals surface area contributed by atoms with E-state index in [1.165, 1.54) is 0 Å². The van der Waals surface area contributed by atoms with Crippen LogP contribution in [0, 0.1) is 6.92 Å². The fourth-order valence-corrected chi connectivity index (χ4v) is 4.28. The average molecular weight is 405 g/mol. The lowest BCUT2D eigenvalue weighted by molar-refractivity contribution is -0.132. The smallest absolute Gasteiger partial charge is 0.261 e. The van der Waals surface area contributed by atoms with Gasteiger partial charge in [-0.2, -0.15) is 0 Å². The Morgan fingerprint density at radius 3 is 2.77 bits per heavy atom. The minimum absolute atomic E-state index is 0.0477. The second-order valence-electron chi connectivity index (χ2n) is 7.84. The van der Waals surface area contributed by atoms with Crippen LogP contribution in [0.15, 0.2) is 53.6 Å². The van der Waals surface area contributed by atoms with Gasteiger partial charge in [-0.1, -0.05) is 24.3 Å². The van der Waals surface area contributed by atoms with Crippen LogP contribution in [-0.4, -0.2) is 34.0 Å². The van der Waals surface area contributed by atoms with E-state index in [9.17, 15) is 9.59 Å². The molecule has 1 atom stereocenters. The molecule has 156 valence electrons. The Balaban J connectivity index is 1.40. The highest BCUT2D eigenvalue weighted by Crippen LogP contribution is 2.33. The normalized spacial score (nSPS) is 16.2. The molecular formula is C24H27N3O3. The van der Waals surface area contributed by atoms with Crippen LogP contribution >= 0.6 is 0 Å². The molecule has 1 aliphatic rings. The van der Waals surface area contributed by atoms with Crippen molar-refractivity contribution in [1.29, 1.82) is 0 Å². The molecule has 0 radical (unpaired) electrons. The Labute approximate surface area is 176 Å². The molecule has 30 heavy (non-hydrogen) atoms. The molecule has 1 aromatic heterocycles. The number of nitrogens with zero attached hydrogens (tertiary/aromatic N) is 3. The summed E-state index contributed by atoms with van der Waals surface area (Å²) in [4.78, 5) is 32.0. The highest BCUT2D eigenvalue weighted by atomic mass is 16.5. The third-order valence-electron chi connectivity index (χ3n) is 5.92. The third kappa shape index (κ3) is 3.95. The van der Waals surface area contributed by atoms with Crippen molar-refractivity contribution >= 4 is 16.8 Å². The second-order valence-corrected chi connectivity index (χ2v) is 7.84. The van der Waals surface area contributed by atoms with Crippen molar-refractivity contribution in [3.8, 4) is 5.75 Å². The van der Waals surface area contributed by atoms with Crippen LogP contribution in [0.25, 0.3) is 10.9 Å². The zero-order valence-corrected chi connectivity index (χ0v) is 17.5. The number of methoxy groups -OCH3 is 1. The summed E-state index contributed by atoms with van der Waals surface area (Å²) >= 11 is 0. The number of amides is 1. The van der Waals surface area contributed by atoms with Gasteiger partial charge in [0.25, 0.3) is 5.56 Å². The number of aromatic nitrogens is 2. The quantitative estimate of drug-likeness (QED) is 0.625. The van der Waals surface area contributed by atoms with Crippen LogP contribution in [0.5, 0.6) is 5.75 Å². The summed E-state index contributed by atoms with van der Waals surface area (Å²) in [5, 5.41) is 0.628. The van der Waals surface area contributed by atoms with Gasteiger partial charge in [-0.05, 0) is 55.5 Å². The molecule has 4 rings (SSSR count). The summed E-state index contributed by atoms with van der Waals surface area (Å²) in [5.74, 6) is 0.963. The molecule has 6 heteroatoms. The number of rotatable bonds is 6. The van der Waals surface area contributed by atoms with Crippen molar-refractivity contribution in [3.05, 3.63) is 70.3 Å². The monoisotopic (exact) mass is 405 g/mol. The molecule has 0 N–H and O–H groups in total. The Hall–Kier alpha value is -3.15. The molecule has 2 aromatic carbocycles. The van der Waals surface area contributed by atoms with Gasteiger partial charge in [0.15, 0.2) is 0 Å². The zero-order valence-electron chi connectivity index (χ0n) is 17.5. The molecule has 1 amide bonds. The lowest BCUT2D eigenvalue weighted by Crippen LogP contribution is -2.31. The summed E-state index contributed by atoms with van der Waals surface area (Å²) in [6.45, 7) is 3.22. The maximum Gasteiger partial charge on any atom is 0.261 e. The molecule has 0 aliphatic carbocycles. The summed E-state index contributed by atoms with van der Waals surface area (Å²) in [5.41, 5.74) is 2.83. The van der Waals surface area contributed by atoms with Gasteiger partial charge in [-0.3, -0.25) is 14.2 Å². The minimum atomic E-state index is -0.0477. The van der Waals surface area contributed by atoms with Crippen molar-refractivity contribution in [2.24, 2.45) is 0 Å². The Morgan fingerprint density at radius 1 is 1.20 bits per heavy atom. The molecular weight excluding hydrogens is 378 g/mol. The first-order chi connectivity index (χ1) is 14.6. The van der Waals surface area contributed by atoms with Crippen LogP contribution in [0.1, 0.15) is 42.9 Å². The molecule has 1 fully saturated rings. The summed E-state index contributed by atoms with van der Waals surface area (Å²) in [6, 6.07) is 13.7. The summed E-state index contributed by atoms with van der Waals surface area (Å²) in [7, 11) is 1.65. The average Bonchev–Trinajstić information content (AvgIpc) is 3.26. The van der Waals surface area contributed by atoms with E-state index in [2.05, 4.69) is 4.98 Å². The van der Waals surface area contributed by atoms with Crippen molar-refractivity contribution < 1.29 is 9.53 Å². The SMILES string of the molecule is COc1ccc([C@@H]2CCCN2C(=O)CCCn2cnc3c(C)cccc3c2=O)cc1. The van der Waals surface area contributed by atoms with E-state index in [0.717, 1.165) is 41.8 Å². The van der Waals surface area contributed by atoms with Crippen LogP contribution in [-0.2, 0) is 11.3 Å². The largest absolute Gasteiger partial charge is 0.497 e. The van der Waals surface area contributed by atoms with E-state index in [0.29, 0.717) is 24.8 Å². The van der Waals surface area contributed by atoms with E-state index < -0.39 is 0 Å². The Kier molecular flexibility index (Phi) is 5.84. The summed E-state index contributed by atoms with van der Waals surface area (Å²) < 4.78 is 6.84. The molecule has 0 saturated carbocycles. The first kappa shape index (κ1) is 20.1. The highest BCUT2D eigenvalue weighted by Gasteiger charge is 2.29. The first-order valence-corrected chi connectivity index (χ1v) is 10.5. The topological polar surface area (TPSA) is 64.4 Å². The lowest BCUT2D eigenvalue weighted by Gasteiger charge is -2.25. The van der Waals surface area contributed by atoms with Crippen molar-refractivity contribution in [2.45, 2.75) is 45.2 Å². The number of hydrogen-bond donors (Lipinski definition) is 0. The summed E-state index contributed by atoms with van der Waals surface area (Å²) in [6.07, 6.45) is 4.62. The van der Waals surface area contributed by atoms with E-state index >= 15 is 0 Å². The van der Waals surface area contributed by atoms with E-state index in [1.54, 1.807) is 18.0 Å².